The summed E-state index contributed by atoms with van der Waals surface area (Å²) < 4.78 is 2.33. The maximum atomic E-state index is 4.29. The molecule has 1 aromatic rings. The van der Waals surface area contributed by atoms with Crippen LogP contribution in [0.1, 0.15) is 38.3 Å². The molecule has 1 aromatic heterocycles. The third-order valence-electron chi connectivity index (χ3n) is 3.37. The van der Waals surface area contributed by atoms with E-state index in [9.17, 15) is 0 Å². The van der Waals surface area contributed by atoms with Crippen LogP contribution in [0.15, 0.2) is 12.5 Å². The van der Waals surface area contributed by atoms with Crippen LogP contribution in [-0.4, -0.2) is 22.6 Å². The third-order valence-corrected chi connectivity index (χ3v) is 3.37. The van der Waals surface area contributed by atoms with Gasteiger partial charge in [0.25, 0.3) is 0 Å². The van der Waals surface area contributed by atoms with Crippen LogP contribution in [-0.2, 0) is 6.54 Å². The Bertz CT molecular complexity index is 306. The molecule has 0 aliphatic carbocycles. The molecule has 0 bridgehead atoms. The van der Waals surface area contributed by atoms with Gasteiger partial charge in [0, 0.05) is 24.4 Å². The summed E-state index contributed by atoms with van der Waals surface area (Å²) in [6.07, 6.45) is 6.47. The first-order valence-corrected chi connectivity index (χ1v) is 6.03. The Hall–Kier alpha value is -0.830. The van der Waals surface area contributed by atoms with Crippen molar-refractivity contribution in [1.29, 1.82) is 0 Å². The zero-order chi connectivity index (χ0) is 10.7. The normalized spacial score (nSPS) is 26.8. The van der Waals surface area contributed by atoms with E-state index in [2.05, 4.69) is 34.9 Å². The van der Waals surface area contributed by atoms with Gasteiger partial charge >= 0.3 is 0 Å². The quantitative estimate of drug-likeness (QED) is 0.821. The van der Waals surface area contributed by atoms with E-state index < -0.39 is 0 Å². The molecule has 1 N–H and O–H groups in total. The zero-order valence-corrected chi connectivity index (χ0v) is 9.74. The number of nitrogens with zero attached hydrogens (tertiary/aromatic N) is 2. The van der Waals surface area contributed by atoms with Crippen LogP contribution in [0.5, 0.6) is 0 Å². The highest BCUT2D eigenvalue weighted by Gasteiger charge is 2.24. The third kappa shape index (κ3) is 2.23. The topological polar surface area (TPSA) is 29.9 Å². The summed E-state index contributed by atoms with van der Waals surface area (Å²) in [6, 6.07) is 0. The molecule has 2 unspecified atom stereocenters. The largest absolute Gasteiger partial charge is 0.334 e. The standard InChI is InChI=1S/C12H21N3/c1-3-6-15-9-14-8-12(15)11-4-5-13-7-10(11)2/h8-11,13H,3-7H2,1-2H3. The first kappa shape index (κ1) is 10.7. The zero-order valence-electron chi connectivity index (χ0n) is 9.74. The van der Waals surface area contributed by atoms with E-state index >= 15 is 0 Å². The smallest absolute Gasteiger partial charge is 0.0948 e. The summed E-state index contributed by atoms with van der Waals surface area (Å²) in [5, 5.41) is 3.45. The lowest BCUT2D eigenvalue weighted by molar-refractivity contribution is 0.336. The molecule has 0 amide bonds. The van der Waals surface area contributed by atoms with Crippen molar-refractivity contribution < 1.29 is 0 Å². The summed E-state index contributed by atoms with van der Waals surface area (Å²) in [5.74, 6) is 1.42. The van der Waals surface area contributed by atoms with Crippen molar-refractivity contribution >= 4 is 0 Å². The van der Waals surface area contributed by atoms with E-state index in [1.54, 1.807) is 0 Å². The monoisotopic (exact) mass is 207 g/mol. The maximum absolute atomic E-state index is 4.29. The lowest BCUT2D eigenvalue weighted by Crippen LogP contribution is -2.34. The molecule has 0 radical (unpaired) electrons. The minimum atomic E-state index is 0.695. The van der Waals surface area contributed by atoms with Crippen LogP contribution < -0.4 is 5.32 Å². The minimum absolute atomic E-state index is 0.695. The molecule has 1 fully saturated rings. The summed E-state index contributed by atoms with van der Waals surface area (Å²) in [7, 11) is 0. The van der Waals surface area contributed by atoms with Gasteiger partial charge in [0.05, 0.1) is 6.33 Å². The van der Waals surface area contributed by atoms with Crippen molar-refractivity contribution in [1.82, 2.24) is 14.9 Å². The van der Waals surface area contributed by atoms with Crippen LogP contribution in [0.3, 0.4) is 0 Å². The number of aryl methyl sites for hydroxylation is 1. The van der Waals surface area contributed by atoms with E-state index in [-0.39, 0.29) is 0 Å². The summed E-state index contributed by atoms with van der Waals surface area (Å²) in [6.45, 7) is 7.94. The Morgan fingerprint density at radius 2 is 2.47 bits per heavy atom. The van der Waals surface area contributed by atoms with Crippen LogP contribution >= 0.6 is 0 Å². The molecule has 1 aliphatic rings. The molecule has 84 valence electrons. The SMILES string of the molecule is CCCn1cncc1C1CCNCC1C. The summed E-state index contributed by atoms with van der Waals surface area (Å²) in [5.41, 5.74) is 1.44. The Kier molecular flexibility index (Phi) is 3.41. The highest BCUT2D eigenvalue weighted by Crippen LogP contribution is 2.29. The second-order valence-electron chi connectivity index (χ2n) is 4.59. The van der Waals surface area contributed by atoms with Crippen LogP contribution in [0.25, 0.3) is 0 Å². The Labute approximate surface area is 91.9 Å². The maximum Gasteiger partial charge on any atom is 0.0948 e. The van der Waals surface area contributed by atoms with Gasteiger partial charge in [0.15, 0.2) is 0 Å². The summed E-state index contributed by atoms with van der Waals surface area (Å²) in [4.78, 5) is 4.29. The lowest BCUT2D eigenvalue weighted by Gasteiger charge is -2.30. The number of nitrogens with one attached hydrogen (secondary N) is 1. The van der Waals surface area contributed by atoms with E-state index in [0.717, 1.165) is 25.6 Å². The van der Waals surface area contributed by atoms with Gasteiger partial charge in [-0.2, -0.15) is 0 Å². The van der Waals surface area contributed by atoms with Crippen molar-refractivity contribution in [2.45, 2.75) is 39.2 Å². The lowest BCUT2D eigenvalue weighted by atomic mass is 9.85. The van der Waals surface area contributed by atoms with Crippen LogP contribution in [0.4, 0.5) is 0 Å². The van der Waals surface area contributed by atoms with Gasteiger partial charge < -0.3 is 9.88 Å². The predicted octanol–water partition coefficient (Wildman–Crippen LogP) is 2.01. The number of hydrogen-bond acceptors (Lipinski definition) is 2. The van der Waals surface area contributed by atoms with Crippen molar-refractivity contribution in [3.05, 3.63) is 18.2 Å². The van der Waals surface area contributed by atoms with Gasteiger partial charge in [-0.3, -0.25) is 0 Å². The number of imidazole rings is 1. The van der Waals surface area contributed by atoms with Gasteiger partial charge in [-0.1, -0.05) is 13.8 Å². The van der Waals surface area contributed by atoms with E-state index in [1.165, 1.54) is 18.5 Å². The first-order chi connectivity index (χ1) is 7.33. The van der Waals surface area contributed by atoms with Crippen molar-refractivity contribution in [2.24, 2.45) is 5.92 Å². The molecule has 3 heteroatoms. The van der Waals surface area contributed by atoms with Crippen molar-refractivity contribution in [2.75, 3.05) is 13.1 Å². The predicted molar refractivity (Wildman–Crippen MR) is 61.9 cm³/mol. The highest BCUT2D eigenvalue weighted by atomic mass is 15.0. The van der Waals surface area contributed by atoms with Crippen LogP contribution in [0, 0.1) is 5.92 Å². The van der Waals surface area contributed by atoms with E-state index in [0.29, 0.717) is 5.92 Å². The molecule has 0 aromatic carbocycles. The Balaban J connectivity index is 2.15. The molecule has 15 heavy (non-hydrogen) atoms. The highest BCUT2D eigenvalue weighted by molar-refractivity contribution is 5.09. The minimum Gasteiger partial charge on any atom is -0.334 e. The van der Waals surface area contributed by atoms with Gasteiger partial charge in [-0.05, 0) is 31.8 Å². The van der Waals surface area contributed by atoms with Gasteiger partial charge in [-0.25, -0.2) is 4.98 Å². The molecule has 2 atom stereocenters. The van der Waals surface area contributed by atoms with Gasteiger partial charge in [0.1, 0.15) is 0 Å². The summed E-state index contributed by atoms with van der Waals surface area (Å²) >= 11 is 0. The number of piperidine rings is 1. The molecule has 2 heterocycles. The van der Waals surface area contributed by atoms with Crippen molar-refractivity contribution in [3.63, 3.8) is 0 Å². The Morgan fingerprint density at radius 1 is 1.60 bits per heavy atom. The van der Waals surface area contributed by atoms with Crippen molar-refractivity contribution in [3.8, 4) is 0 Å². The number of aromatic nitrogens is 2. The second kappa shape index (κ2) is 4.79. The van der Waals surface area contributed by atoms with E-state index in [1.807, 2.05) is 6.33 Å². The van der Waals surface area contributed by atoms with Crippen LogP contribution in [0.2, 0.25) is 0 Å². The first-order valence-electron chi connectivity index (χ1n) is 6.03. The molecular formula is C12H21N3. The second-order valence-corrected chi connectivity index (χ2v) is 4.59. The molecule has 1 aliphatic heterocycles. The molecule has 3 nitrogen and oxygen atoms in total. The molecule has 0 spiro atoms. The Morgan fingerprint density at radius 3 is 3.20 bits per heavy atom. The number of hydrogen-bond donors (Lipinski definition) is 1. The molecular weight excluding hydrogens is 186 g/mol. The van der Waals surface area contributed by atoms with E-state index in [4.69, 9.17) is 0 Å². The van der Waals surface area contributed by atoms with Gasteiger partial charge in [-0.15, -0.1) is 0 Å². The molecule has 2 rings (SSSR count). The fourth-order valence-corrected chi connectivity index (χ4v) is 2.52. The average Bonchev–Trinajstić information content (AvgIpc) is 2.67. The average molecular weight is 207 g/mol. The molecule has 0 saturated carbocycles. The fraction of sp³-hybridized carbons (Fsp3) is 0.750. The molecule has 1 saturated heterocycles. The fourth-order valence-electron chi connectivity index (χ4n) is 2.52. The number of rotatable bonds is 3. The van der Waals surface area contributed by atoms with Gasteiger partial charge in [0.2, 0.25) is 0 Å².